The molecule has 2 amide bonds. The molecule has 190 valence electrons. The monoisotopic (exact) mass is 505 g/mol. The summed E-state index contributed by atoms with van der Waals surface area (Å²) in [6, 6.07) is 17.5. The van der Waals surface area contributed by atoms with Gasteiger partial charge in [-0.1, -0.05) is 24.3 Å². The summed E-state index contributed by atoms with van der Waals surface area (Å²) in [6.07, 6.45) is 7.78. The molecule has 1 unspecified atom stereocenters. The molecule has 0 spiro atoms. The molecule has 1 saturated heterocycles. The number of carbonyl (C=O) groups excluding carboxylic acids is 2. The number of hydrogen-bond donors (Lipinski definition) is 3. The zero-order chi connectivity index (χ0) is 26.2. The highest BCUT2D eigenvalue weighted by atomic mass is 16.2. The molecule has 1 aliphatic rings. The number of benzene rings is 2. The van der Waals surface area contributed by atoms with Gasteiger partial charge in [-0.05, 0) is 53.3 Å². The number of anilines is 1. The van der Waals surface area contributed by atoms with Crippen molar-refractivity contribution in [1.82, 2.24) is 30.0 Å². The Morgan fingerprint density at radius 1 is 1.00 bits per heavy atom. The zero-order valence-corrected chi connectivity index (χ0v) is 20.9. The Kier molecular flexibility index (Phi) is 5.88. The first kappa shape index (κ1) is 23.5. The Labute approximate surface area is 219 Å². The standard InChI is InChI=1S/C29H27N7O2/c1-35-16-23(15-33-35)22-12-25(27(30)32-14-22)28(37)34-24-9-11-36(17-24)29(38)20-5-2-18(3-6-20)21-7-4-19-8-10-31-26(19)13-21/h2-8,10,12-16,24,31H,9,11,17H2,1H3,(H2,30,32)(H,34,37). The van der Waals surface area contributed by atoms with E-state index in [0.29, 0.717) is 30.6 Å². The largest absolute Gasteiger partial charge is 0.383 e. The lowest BCUT2D eigenvalue weighted by molar-refractivity contribution is 0.0783. The van der Waals surface area contributed by atoms with Gasteiger partial charge in [0, 0.05) is 67.0 Å². The van der Waals surface area contributed by atoms with E-state index in [2.05, 4.69) is 38.6 Å². The lowest BCUT2D eigenvalue weighted by atomic mass is 10.0. The number of nitrogens with two attached hydrogens (primary N) is 1. The van der Waals surface area contributed by atoms with E-state index >= 15 is 0 Å². The number of rotatable bonds is 5. The molecule has 4 N–H and O–H groups in total. The summed E-state index contributed by atoms with van der Waals surface area (Å²) >= 11 is 0. The summed E-state index contributed by atoms with van der Waals surface area (Å²) in [5, 5.41) is 8.36. The highest BCUT2D eigenvalue weighted by Crippen LogP contribution is 2.25. The van der Waals surface area contributed by atoms with E-state index in [-0.39, 0.29) is 23.7 Å². The van der Waals surface area contributed by atoms with Crippen LogP contribution in [0.5, 0.6) is 0 Å². The molecule has 4 heterocycles. The van der Waals surface area contributed by atoms with Crippen molar-refractivity contribution in [2.45, 2.75) is 12.5 Å². The molecule has 0 aliphatic carbocycles. The zero-order valence-electron chi connectivity index (χ0n) is 20.9. The average molecular weight is 506 g/mol. The smallest absolute Gasteiger partial charge is 0.255 e. The summed E-state index contributed by atoms with van der Waals surface area (Å²) in [4.78, 5) is 35.4. The normalized spacial score (nSPS) is 15.2. The first-order valence-corrected chi connectivity index (χ1v) is 12.5. The SMILES string of the molecule is Cn1cc(-c2cnc(N)c(C(=O)NC3CCN(C(=O)c4ccc(-c5ccc6cc[nH]c6c5)cc4)C3)c2)cn1. The quantitative estimate of drug-likeness (QED) is 0.335. The fraction of sp³-hybridized carbons (Fsp3) is 0.172. The van der Waals surface area contributed by atoms with E-state index in [1.54, 1.807) is 28.0 Å². The number of hydrogen-bond acceptors (Lipinski definition) is 5. The van der Waals surface area contributed by atoms with E-state index in [4.69, 9.17) is 5.73 Å². The van der Waals surface area contributed by atoms with Crippen LogP contribution < -0.4 is 11.1 Å². The van der Waals surface area contributed by atoms with Crippen LogP contribution in [0.1, 0.15) is 27.1 Å². The van der Waals surface area contributed by atoms with Gasteiger partial charge in [0.1, 0.15) is 5.82 Å². The average Bonchev–Trinajstić information content (AvgIpc) is 3.69. The molecule has 9 heteroatoms. The van der Waals surface area contributed by atoms with E-state index in [1.165, 1.54) is 0 Å². The van der Waals surface area contributed by atoms with Crippen molar-refractivity contribution >= 4 is 28.5 Å². The van der Waals surface area contributed by atoms with Gasteiger partial charge >= 0.3 is 0 Å². The highest BCUT2D eigenvalue weighted by molar-refractivity contribution is 6.00. The third-order valence-corrected chi connectivity index (χ3v) is 7.03. The Morgan fingerprint density at radius 2 is 1.82 bits per heavy atom. The van der Waals surface area contributed by atoms with Crippen molar-refractivity contribution in [2.75, 3.05) is 18.8 Å². The fourth-order valence-corrected chi connectivity index (χ4v) is 4.93. The number of pyridine rings is 1. The molecular weight excluding hydrogens is 478 g/mol. The molecule has 6 rings (SSSR count). The van der Waals surface area contributed by atoms with Gasteiger partial charge in [0.05, 0.1) is 11.8 Å². The van der Waals surface area contributed by atoms with Gasteiger partial charge < -0.3 is 20.9 Å². The van der Waals surface area contributed by atoms with Crippen LogP contribution in [0.3, 0.4) is 0 Å². The molecule has 0 radical (unpaired) electrons. The third kappa shape index (κ3) is 4.50. The number of nitrogens with one attached hydrogen (secondary N) is 2. The predicted molar refractivity (Wildman–Crippen MR) is 146 cm³/mol. The van der Waals surface area contributed by atoms with Crippen LogP contribution in [0, 0.1) is 0 Å². The number of likely N-dealkylation sites (tertiary alicyclic amines) is 1. The summed E-state index contributed by atoms with van der Waals surface area (Å²) in [5.74, 6) is -0.187. The van der Waals surface area contributed by atoms with Gasteiger partial charge in [-0.2, -0.15) is 5.10 Å². The summed E-state index contributed by atoms with van der Waals surface area (Å²) in [6.45, 7) is 1.00. The molecule has 2 aromatic carbocycles. The molecular formula is C29H27N7O2. The van der Waals surface area contributed by atoms with Crippen molar-refractivity contribution in [1.29, 1.82) is 0 Å². The van der Waals surface area contributed by atoms with Crippen molar-refractivity contribution in [3.63, 3.8) is 0 Å². The van der Waals surface area contributed by atoms with E-state index in [9.17, 15) is 9.59 Å². The Balaban J connectivity index is 1.10. The molecule has 1 atom stereocenters. The lowest BCUT2D eigenvalue weighted by Crippen LogP contribution is -2.38. The van der Waals surface area contributed by atoms with Crippen LogP contribution in [-0.2, 0) is 7.05 Å². The second-order valence-electron chi connectivity index (χ2n) is 9.63. The van der Waals surface area contributed by atoms with Gasteiger partial charge in [0.2, 0.25) is 0 Å². The molecule has 1 aliphatic heterocycles. The van der Waals surface area contributed by atoms with Crippen LogP contribution in [0.4, 0.5) is 5.82 Å². The van der Waals surface area contributed by atoms with Crippen molar-refractivity contribution in [2.24, 2.45) is 7.05 Å². The lowest BCUT2D eigenvalue weighted by Gasteiger charge is -2.18. The molecule has 5 aromatic rings. The molecule has 1 fully saturated rings. The first-order chi connectivity index (χ1) is 18.4. The minimum Gasteiger partial charge on any atom is -0.383 e. The summed E-state index contributed by atoms with van der Waals surface area (Å²) < 4.78 is 1.69. The minimum absolute atomic E-state index is 0.0483. The van der Waals surface area contributed by atoms with E-state index in [0.717, 1.165) is 33.2 Å². The Hall–Kier alpha value is -4.92. The van der Waals surface area contributed by atoms with Crippen LogP contribution in [0.2, 0.25) is 0 Å². The van der Waals surface area contributed by atoms with Crippen molar-refractivity contribution in [3.8, 4) is 22.3 Å². The van der Waals surface area contributed by atoms with Gasteiger partial charge in [-0.3, -0.25) is 14.3 Å². The number of H-pyrrole nitrogens is 1. The summed E-state index contributed by atoms with van der Waals surface area (Å²) in [5.41, 5.74) is 11.8. The second kappa shape index (κ2) is 9.51. The fourth-order valence-electron chi connectivity index (χ4n) is 4.93. The van der Waals surface area contributed by atoms with Gasteiger partial charge in [0.15, 0.2) is 0 Å². The maximum atomic E-state index is 13.2. The molecule has 9 nitrogen and oxygen atoms in total. The Morgan fingerprint density at radius 3 is 2.61 bits per heavy atom. The van der Waals surface area contributed by atoms with Crippen LogP contribution in [-0.4, -0.2) is 55.6 Å². The molecule has 38 heavy (non-hydrogen) atoms. The maximum Gasteiger partial charge on any atom is 0.255 e. The molecule has 0 bridgehead atoms. The molecule has 0 saturated carbocycles. The Bertz CT molecular complexity index is 1650. The van der Waals surface area contributed by atoms with Crippen molar-refractivity contribution in [3.05, 3.63) is 90.5 Å². The second-order valence-corrected chi connectivity index (χ2v) is 9.63. The number of aromatic amines is 1. The van der Waals surface area contributed by atoms with Gasteiger partial charge in [-0.25, -0.2) is 4.98 Å². The first-order valence-electron chi connectivity index (χ1n) is 12.5. The highest BCUT2D eigenvalue weighted by Gasteiger charge is 2.29. The van der Waals surface area contributed by atoms with Crippen LogP contribution in [0.15, 0.2) is 79.4 Å². The number of aromatic nitrogens is 4. The minimum atomic E-state index is -0.302. The van der Waals surface area contributed by atoms with Crippen molar-refractivity contribution < 1.29 is 9.59 Å². The maximum absolute atomic E-state index is 13.2. The molecule has 3 aromatic heterocycles. The number of nitrogen functional groups attached to an aromatic ring is 1. The van der Waals surface area contributed by atoms with Gasteiger partial charge in [-0.15, -0.1) is 0 Å². The van der Waals surface area contributed by atoms with Crippen LogP contribution in [0.25, 0.3) is 33.2 Å². The van der Waals surface area contributed by atoms with E-state index < -0.39 is 0 Å². The number of carbonyl (C=O) groups is 2. The van der Waals surface area contributed by atoms with Gasteiger partial charge in [0.25, 0.3) is 11.8 Å². The van der Waals surface area contributed by atoms with Crippen LogP contribution >= 0.6 is 0 Å². The topological polar surface area (TPSA) is 122 Å². The summed E-state index contributed by atoms with van der Waals surface area (Å²) in [7, 11) is 1.83. The number of aryl methyl sites for hydroxylation is 1. The third-order valence-electron chi connectivity index (χ3n) is 7.03. The van der Waals surface area contributed by atoms with E-state index in [1.807, 2.05) is 49.8 Å². The number of fused-ring (bicyclic) bond motifs is 1. The number of amides is 2. The predicted octanol–water partition coefficient (Wildman–Crippen LogP) is 3.86. The number of nitrogens with zero attached hydrogens (tertiary/aromatic N) is 4.